The van der Waals surface area contributed by atoms with Crippen LogP contribution in [0.3, 0.4) is 0 Å². The number of nitrogens with one attached hydrogen (secondary N) is 1. The molecule has 0 aliphatic rings. The second-order valence-electron chi connectivity index (χ2n) is 7.66. The van der Waals surface area contributed by atoms with Crippen molar-refractivity contribution < 1.29 is 13.2 Å². The second kappa shape index (κ2) is 9.92. The molecule has 6 heteroatoms. The first-order chi connectivity index (χ1) is 13.6. The third-order valence-corrected chi connectivity index (χ3v) is 6.23. The Morgan fingerprint density at radius 3 is 2.21 bits per heavy atom. The highest BCUT2D eigenvalue weighted by molar-refractivity contribution is 7.92. The molecule has 0 spiro atoms. The number of benzene rings is 2. The van der Waals surface area contributed by atoms with E-state index in [-0.39, 0.29) is 24.9 Å². The smallest absolute Gasteiger partial charge is 0.232 e. The molecule has 2 rings (SSSR count). The normalized spacial score (nSPS) is 12.4. The van der Waals surface area contributed by atoms with E-state index >= 15 is 0 Å². The van der Waals surface area contributed by atoms with E-state index in [0.717, 1.165) is 17.5 Å². The van der Waals surface area contributed by atoms with Gasteiger partial charge in [-0.15, -0.1) is 0 Å². The summed E-state index contributed by atoms with van der Waals surface area (Å²) in [5.74, 6) is -0.0609. The molecule has 0 aliphatic heterocycles. The first kappa shape index (κ1) is 22.9. The van der Waals surface area contributed by atoms with E-state index < -0.39 is 10.0 Å². The van der Waals surface area contributed by atoms with Gasteiger partial charge in [0, 0.05) is 13.0 Å². The highest BCUT2D eigenvalue weighted by Crippen LogP contribution is 2.22. The Bertz CT molecular complexity index is 937. The Balaban J connectivity index is 1.98. The number of hydrogen-bond acceptors (Lipinski definition) is 3. The van der Waals surface area contributed by atoms with Gasteiger partial charge in [-0.3, -0.25) is 9.10 Å². The summed E-state index contributed by atoms with van der Waals surface area (Å²) in [6.07, 6.45) is 2.73. The number of sulfonamides is 1. The topological polar surface area (TPSA) is 66.5 Å². The van der Waals surface area contributed by atoms with Crippen LogP contribution in [-0.2, 0) is 14.8 Å². The molecule has 0 radical (unpaired) electrons. The van der Waals surface area contributed by atoms with Crippen LogP contribution in [0.4, 0.5) is 5.69 Å². The molecule has 0 saturated carbocycles. The molecule has 0 fully saturated rings. The molecule has 0 unspecified atom stereocenters. The third kappa shape index (κ3) is 6.60. The predicted molar refractivity (Wildman–Crippen MR) is 120 cm³/mol. The predicted octanol–water partition coefficient (Wildman–Crippen LogP) is 4.43. The molecule has 1 N–H and O–H groups in total. The van der Waals surface area contributed by atoms with Gasteiger partial charge in [0.25, 0.3) is 0 Å². The fourth-order valence-corrected chi connectivity index (χ4v) is 4.43. The van der Waals surface area contributed by atoms with Crippen molar-refractivity contribution in [3.63, 3.8) is 0 Å². The molecule has 0 heterocycles. The summed E-state index contributed by atoms with van der Waals surface area (Å²) >= 11 is 0. The van der Waals surface area contributed by atoms with Crippen molar-refractivity contribution in [1.29, 1.82) is 0 Å². The summed E-state index contributed by atoms with van der Waals surface area (Å²) in [7, 11) is -3.41. The first-order valence-corrected chi connectivity index (χ1v) is 11.9. The van der Waals surface area contributed by atoms with Crippen molar-refractivity contribution in [2.45, 2.75) is 53.0 Å². The van der Waals surface area contributed by atoms with Crippen LogP contribution >= 0.6 is 0 Å². The second-order valence-corrected chi connectivity index (χ2v) is 9.57. The number of anilines is 1. The largest absolute Gasteiger partial charge is 0.349 e. The summed E-state index contributed by atoms with van der Waals surface area (Å²) < 4.78 is 25.7. The summed E-state index contributed by atoms with van der Waals surface area (Å²) in [6.45, 7) is 8.39. The molecule has 5 nitrogen and oxygen atoms in total. The van der Waals surface area contributed by atoms with E-state index in [4.69, 9.17) is 0 Å². The van der Waals surface area contributed by atoms with Crippen molar-refractivity contribution in [1.82, 2.24) is 5.32 Å². The van der Waals surface area contributed by atoms with Gasteiger partial charge >= 0.3 is 0 Å². The Hall–Kier alpha value is -2.34. The zero-order valence-corrected chi connectivity index (χ0v) is 18.8. The van der Waals surface area contributed by atoms with E-state index in [1.807, 2.05) is 26.0 Å². The number of rotatable bonds is 9. The van der Waals surface area contributed by atoms with Gasteiger partial charge in [0.05, 0.1) is 18.0 Å². The minimum absolute atomic E-state index is 0.0359. The summed E-state index contributed by atoms with van der Waals surface area (Å²) in [4.78, 5) is 12.5. The Kier molecular flexibility index (Phi) is 7.85. The highest BCUT2D eigenvalue weighted by atomic mass is 32.2. The maximum atomic E-state index is 12.5. The van der Waals surface area contributed by atoms with Crippen LogP contribution in [0.25, 0.3) is 0 Å². The summed E-state index contributed by atoms with van der Waals surface area (Å²) in [5, 5.41) is 3.10. The number of aryl methyl sites for hydroxylation is 3. The minimum Gasteiger partial charge on any atom is -0.349 e. The van der Waals surface area contributed by atoms with Gasteiger partial charge in [-0.2, -0.15) is 0 Å². The van der Waals surface area contributed by atoms with E-state index in [2.05, 4.69) is 37.4 Å². The lowest BCUT2D eigenvalue weighted by Crippen LogP contribution is -2.33. The number of nitrogens with zero attached hydrogens (tertiary/aromatic N) is 1. The molecule has 0 bridgehead atoms. The standard InChI is InChI=1S/C23H32N2O3S/c1-6-22(21-14-11-18(3)16-19(21)4)24-23(26)8-7-15-25(29(5,27)28)20-12-9-17(2)10-13-20/h9-14,16,22H,6-8,15H2,1-5H3,(H,24,26)/t22-/m0/s1. The third-order valence-electron chi connectivity index (χ3n) is 5.03. The maximum Gasteiger partial charge on any atom is 0.232 e. The van der Waals surface area contributed by atoms with Gasteiger partial charge in [0.15, 0.2) is 0 Å². The average Bonchev–Trinajstić information content (AvgIpc) is 2.64. The van der Waals surface area contributed by atoms with Crippen molar-refractivity contribution in [3.8, 4) is 0 Å². The lowest BCUT2D eigenvalue weighted by molar-refractivity contribution is -0.121. The Morgan fingerprint density at radius 1 is 1.03 bits per heavy atom. The Labute approximate surface area is 175 Å². The molecule has 1 amide bonds. The van der Waals surface area contributed by atoms with Crippen molar-refractivity contribution in [2.24, 2.45) is 0 Å². The Morgan fingerprint density at radius 2 is 1.66 bits per heavy atom. The minimum atomic E-state index is -3.41. The zero-order chi connectivity index (χ0) is 21.6. The van der Waals surface area contributed by atoms with Gasteiger partial charge in [0.1, 0.15) is 0 Å². The van der Waals surface area contributed by atoms with E-state index in [9.17, 15) is 13.2 Å². The monoisotopic (exact) mass is 416 g/mol. The first-order valence-electron chi connectivity index (χ1n) is 10.0. The average molecular weight is 417 g/mol. The van der Waals surface area contributed by atoms with Gasteiger partial charge in [-0.1, -0.05) is 48.4 Å². The van der Waals surface area contributed by atoms with Crippen LogP contribution < -0.4 is 9.62 Å². The maximum absolute atomic E-state index is 12.5. The molecule has 0 saturated heterocycles. The molecule has 29 heavy (non-hydrogen) atoms. The van der Waals surface area contributed by atoms with E-state index in [1.54, 1.807) is 12.1 Å². The van der Waals surface area contributed by atoms with Gasteiger partial charge < -0.3 is 5.32 Å². The number of amides is 1. The molecular formula is C23H32N2O3S. The SMILES string of the molecule is CC[C@H](NC(=O)CCCN(c1ccc(C)cc1)S(C)(=O)=O)c1ccc(C)cc1C. The van der Waals surface area contributed by atoms with E-state index in [1.165, 1.54) is 21.7 Å². The molecule has 2 aromatic rings. The quantitative estimate of drug-likeness (QED) is 0.658. The molecule has 2 aromatic carbocycles. The fourth-order valence-electron chi connectivity index (χ4n) is 3.46. The number of hydrogen-bond donors (Lipinski definition) is 1. The van der Waals surface area contributed by atoms with Gasteiger partial charge in [-0.05, 0) is 56.9 Å². The van der Waals surface area contributed by atoms with E-state index in [0.29, 0.717) is 12.1 Å². The highest BCUT2D eigenvalue weighted by Gasteiger charge is 2.19. The summed E-state index contributed by atoms with van der Waals surface area (Å²) in [6, 6.07) is 13.6. The van der Waals surface area contributed by atoms with Crippen molar-refractivity contribution >= 4 is 21.6 Å². The van der Waals surface area contributed by atoms with Gasteiger partial charge in [0.2, 0.25) is 15.9 Å². The molecule has 0 aromatic heterocycles. The molecule has 158 valence electrons. The van der Waals surface area contributed by atoms with Crippen LogP contribution in [0, 0.1) is 20.8 Å². The zero-order valence-electron chi connectivity index (χ0n) is 18.0. The van der Waals surface area contributed by atoms with Crippen LogP contribution in [0.1, 0.15) is 54.5 Å². The molecular weight excluding hydrogens is 384 g/mol. The van der Waals surface area contributed by atoms with Crippen molar-refractivity contribution in [2.75, 3.05) is 17.1 Å². The van der Waals surface area contributed by atoms with Crippen LogP contribution in [0.5, 0.6) is 0 Å². The van der Waals surface area contributed by atoms with Gasteiger partial charge in [-0.25, -0.2) is 8.42 Å². The lowest BCUT2D eigenvalue weighted by atomic mass is 9.97. The summed E-state index contributed by atoms with van der Waals surface area (Å²) in [5.41, 5.74) is 5.19. The number of carbonyl (C=O) groups is 1. The van der Waals surface area contributed by atoms with Crippen LogP contribution in [-0.4, -0.2) is 27.1 Å². The number of carbonyl (C=O) groups excluding carboxylic acids is 1. The van der Waals surface area contributed by atoms with Crippen LogP contribution in [0.2, 0.25) is 0 Å². The lowest BCUT2D eigenvalue weighted by Gasteiger charge is -2.23. The van der Waals surface area contributed by atoms with Crippen molar-refractivity contribution in [3.05, 3.63) is 64.7 Å². The fraction of sp³-hybridized carbons (Fsp3) is 0.435. The van der Waals surface area contributed by atoms with Crippen LogP contribution in [0.15, 0.2) is 42.5 Å². The molecule has 0 aliphatic carbocycles. The molecule has 1 atom stereocenters.